The van der Waals surface area contributed by atoms with Crippen LogP contribution in [0.1, 0.15) is 38.7 Å². The molecule has 1 amide bonds. The van der Waals surface area contributed by atoms with Gasteiger partial charge in [0.1, 0.15) is 0 Å². The van der Waals surface area contributed by atoms with Gasteiger partial charge < -0.3 is 10.6 Å². The van der Waals surface area contributed by atoms with Gasteiger partial charge in [-0.1, -0.05) is 12.1 Å². The Balaban J connectivity index is 2.22. The highest BCUT2D eigenvalue weighted by atomic mass is 16.2. The van der Waals surface area contributed by atoms with Gasteiger partial charge in [0.2, 0.25) is 5.91 Å². The second-order valence-electron chi connectivity index (χ2n) is 5.70. The van der Waals surface area contributed by atoms with E-state index in [-0.39, 0.29) is 17.4 Å². The molecular formula is C16H21N3O. The van der Waals surface area contributed by atoms with Crippen molar-refractivity contribution in [1.29, 1.82) is 5.26 Å². The van der Waals surface area contributed by atoms with Crippen molar-refractivity contribution in [2.45, 2.75) is 44.6 Å². The van der Waals surface area contributed by atoms with E-state index < -0.39 is 0 Å². The molecule has 0 heterocycles. The van der Waals surface area contributed by atoms with Crippen molar-refractivity contribution in [2.75, 3.05) is 12.3 Å². The molecule has 1 fully saturated rings. The van der Waals surface area contributed by atoms with Crippen LogP contribution in [0.3, 0.4) is 0 Å². The molecule has 0 bridgehead atoms. The summed E-state index contributed by atoms with van der Waals surface area (Å²) in [5.74, 6) is 0.146. The molecule has 0 spiro atoms. The Morgan fingerprint density at radius 3 is 2.45 bits per heavy atom. The number of hydrogen-bond donors (Lipinski definition) is 1. The minimum Gasteiger partial charge on any atom is -0.399 e. The number of anilines is 1. The fraction of sp³-hybridized carbons (Fsp3) is 0.500. The third kappa shape index (κ3) is 2.62. The summed E-state index contributed by atoms with van der Waals surface area (Å²) in [4.78, 5) is 14.7. The van der Waals surface area contributed by atoms with E-state index in [0.717, 1.165) is 18.4 Å². The van der Waals surface area contributed by atoms with E-state index in [2.05, 4.69) is 6.07 Å². The number of carbonyl (C=O) groups is 1. The van der Waals surface area contributed by atoms with Crippen molar-refractivity contribution in [3.63, 3.8) is 0 Å². The van der Waals surface area contributed by atoms with Gasteiger partial charge in [-0.25, -0.2) is 0 Å². The standard InChI is InChI=1S/C16H21N3O/c1-12(2)19(11-3-10-17)15(20)16(8-9-16)13-4-6-14(18)7-5-13/h4-7,12H,3,8-9,11,18H2,1-2H3. The predicted octanol–water partition coefficient (Wildman–Crippen LogP) is 2.45. The highest BCUT2D eigenvalue weighted by Gasteiger charge is 2.53. The van der Waals surface area contributed by atoms with Crippen molar-refractivity contribution in [1.82, 2.24) is 4.90 Å². The summed E-state index contributed by atoms with van der Waals surface area (Å²) in [7, 11) is 0. The average molecular weight is 271 g/mol. The molecule has 0 saturated heterocycles. The molecule has 1 aliphatic carbocycles. The normalized spacial score (nSPS) is 15.7. The van der Waals surface area contributed by atoms with Gasteiger partial charge in [-0.2, -0.15) is 5.26 Å². The van der Waals surface area contributed by atoms with E-state index in [4.69, 9.17) is 11.0 Å². The summed E-state index contributed by atoms with van der Waals surface area (Å²) in [5, 5.41) is 8.74. The van der Waals surface area contributed by atoms with Gasteiger partial charge in [-0.15, -0.1) is 0 Å². The maximum absolute atomic E-state index is 12.8. The Morgan fingerprint density at radius 1 is 1.40 bits per heavy atom. The zero-order valence-corrected chi connectivity index (χ0v) is 12.1. The van der Waals surface area contributed by atoms with Crippen molar-refractivity contribution >= 4 is 11.6 Å². The van der Waals surface area contributed by atoms with Crippen LogP contribution in [0, 0.1) is 11.3 Å². The Morgan fingerprint density at radius 2 is 2.00 bits per heavy atom. The highest BCUT2D eigenvalue weighted by molar-refractivity contribution is 5.91. The maximum Gasteiger partial charge on any atom is 0.233 e. The van der Waals surface area contributed by atoms with Crippen molar-refractivity contribution in [3.8, 4) is 6.07 Å². The van der Waals surface area contributed by atoms with E-state index in [1.807, 2.05) is 43.0 Å². The summed E-state index contributed by atoms with van der Waals surface area (Å²) in [5.41, 5.74) is 7.08. The number of hydrogen-bond acceptors (Lipinski definition) is 3. The highest BCUT2D eigenvalue weighted by Crippen LogP contribution is 2.50. The molecule has 0 radical (unpaired) electrons. The number of nitrogens with two attached hydrogens (primary N) is 1. The molecular weight excluding hydrogens is 250 g/mol. The third-order valence-electron chi connectivity index (χ3n) is 3.97. The van der Waals surface area contributed by atoms with Crippen LogP contribution in [-0.2, 0) is 10.2 Å². The van der Waals surface area contributed by atoms with Crippen LogP contribution in [0.25, 0.3) is 0 Å². The Labute approximate surface area is 120 Å². The monoisotopic (exact) mass is 271 g/mol. The molecule has 1 aromatic rings. The number of rotatable bonds is 5. The molecule has 0 unspecified atom stereocenters. The first-order chi connectivity index (χ1) is 9.51. The molecule has 4 heteroatoms. The minimum absolute atomic E-state index is 0.113. The lowest BCUT2D eigenvalue weighted by atomic mass is 9.93. The van der Waals surface area contributed by atoms with E-state index in [9.17, 15) is 4.79 Å². The summed E-state index contributed by atoms with van der Waals surface area (Å²) in [6, 6.07) is 9.81. The molecule has 106 valence electrons. The van der Waals surface area contributed by atoms with Gasteiger partial charge in [0.05, 0.1) is 17.9 Å². The van der Waals surface area contributed by atoms with Crippen molar-refractivity contribution < 1.29 is 4.79 Å². The average Bonchev–Trinajstić information content (AvgIpc) is 3.21. The number of benzene rings is 1. The number of nitriles is 1. The molecule has 1 aliphatic rings. The van der Waals surface area contributed by atoms with Crippen LogP contribution in [-0.4, -0.2) is 23.4 Å². The molecule has 0 aromatic heterocycles. The lowest BCUT2D eigenvalue weighted by molar-refractivity contribution is -0.135. The number of carbonyl (C=O) groups excluding carboxylic acids is 1. The number of amides is 1. The lowest BCUT2D eigenvalue weighted by Crippen LogP contribution is -2.44. The first-order valence-electron chi connectivity index (χ1n) is 7.05. The van der Waals surface area contributed by atoms with E-state index in [1.54, 1.807) is 0 Å². The minimum atomic E-state index is -0.382. The van der Waals surface area contributed by atoms with Gasteiger partial charge in [0, 0.05) is 18.3 Å². The molecule has 1 saturated carbocycles. The Hall–Kier alpha value is -2.02. The third-order valence-corrected chi connectivity index (χ3v) is 3.97. The molecule has 0 atom stereocenters. The molecule has 2 N–H and O–H groups in total. The number of nitrogen functional groups attached to an aromatic ring is 1. The van der Waals surface area contributed by atoms with E-state index in [1.165, 1.54) is 0 Å². The van der Waals surface area contributed by atoms with Crippen LogP contribution in [0.5, 0.6) is 0 Å². The first-order valence-corrected chi connectivity index (χ1v) is 7.05. The van der Waals surface area contributed by atoms with Crippen LogP contribution in [0.4, 0.5) is 5.69 Å². The SMILES string of the molecule is CC(C)N(CCC#N)C(=O)C1(c2ccc(N)cc2)CC1. The molecule has 2 rings (SSSR count). The summed E-state index contributed by atoms with van der Waals surface area (Å²) in [6.07, 6.45) is 2.14. The second kappa shape index (κ2) is 5.54. The van der Waals surface area contributed by atoms with Gasteiger partial charge in [-0.05, 0) is 44.4 Å². The predicted molar refractivity (Wildman–Crippen MR) is 78.8 cm³/mol. The van der Waals surface area contributed by atoms with Crippen LogP contribution in [0.2, 0.25) is 0 Å². The van der Waals surface area contributed by atoms with Gasteiger partial charge in [-0.3, -0.25) is 4.79 Å². The fourth-order valence-electron chi connectivity index (χ4n) is 2.59. The van der Waals surface area contributed by atoms with E-state index >= 15 is 0 Å². The fourth-order valence-corrected chi connectivity index (χ4v) is 2.59. The first kappa shape index (κ1) is 14.4. The largest absolute Gasteiger partial charge is 0.399 e. The summed E-state index contributed by atoms with van der Waals surface area (Å²) >= 11 is 0. The van der Waals surface area contributed by atoms with Gasteiger partial charge in [0.25, 0.3) is 0 Å². The maximum atomic E-state index is 12.8. The van der Waals surface area contributed by atoms with Gasteiger partial charge >= 0.3 is 0 Å². The lowest BCUT2D eigenvalue weighted by Gasteiger charge is -2.30. The van der Waals surface area contributed by atoms with Crippen LogP contribution >= 0.6 is 0 Å². The quantitative estimate of drug-likeness (QED) is 0.836. The van der Waals surface area contributed by atoms with Gasteiger partial charge in [0.15, 0.2) is 0 Å². The molecule has 0 aliphatic heterocycles. The summed E-state index contributed by atoms with van der Waals surface area (Å²) < 4.78 is 0. The smallest absolute Gasteiger partial charge is 0.233 e. The van der Waals surface area contributed by atoms with Crippen LogP contribution in [0.15, 0.2) is 24.3 Å². The van der Waals surface area contributed by atoms with E-state index in [0.29, 0.717) is 18.7 Å². The zero-order valence-electron chi connectivity index (χ0n) is 12.1. The van der Waals surface area contributed by atoms with Crippen LogP contribution < -0.4 is 5.73 Å². The van der Waals surface area contributed by atoms with Crippen molar-refractivity contribution in [2.24, 2.45) is 0 Å². The molecule has 1 aromatic carbocycles. The molecule has 4 nitrogen and oxygen atoms in total. The molecule has 20 heavy (non-hydrogen) atoms. The Kier molecular flexibility index (Phi) is 3.99. The summed E-state index contributed by atoms with van der Waals surface area (Å²) in [6.45, 7) is 4.49. The van der Waals surface area contributed by atoms with Crippen molar-refractivity contribution in [3.05, 3.63) is 29.8 Å². The zero-order chi connectivity index (χ0) is 14.8. The number of nitrogens with zero attached hydrogens (tertiary/aromatic N) is 2. The Bertz CT molecular complexity index is 524. The topological polar surface area (TPSA) is 70.1 Å². The second-order valence-corrected chi connectivity index (χ2v) is 5.70.